The monoisotopic (exact) mass is 279 g/mol. The maximum Gasteiger partial charge on any atom is 0.223 e. The molecular formula is C17H29NO2. The Labute approximate surface area is 122 Å². The molecule has 0 saturated heterocycles. The molecule has 20 heavy (non-hydrogen) atoms. The zero-order chi connectivity index (χ0) is 14.5. The van der Waals surface area contributed by atoms with E-state index in [9.17, 15) is 4.79 Å². The van der Waals surface area contributed by atoms with E-state index in [0.717, 1.165) is 25.9 Å². The van der Waals surface area contributed by atoms with Gasteiger partial charge in [-0.15, -0.1) is 0 Å². The lowest BCUT2D eigenvalue weighted by Gasteiger charge is -2.36. The predicted molar refractivity (Wildman–Crippen MR) is 79.2 cm³/mol. The van der Waals surface area contributed by atoms with Crippen molar-refractivity contribution in [2.24, 2.45) is 29.1 Å². The highest BCUT2D eigenvalue weighted by atomic mass is 16.5. The van der Waals surface area contributed by atoms with Gasteiger partial charge in [0.25, 0.3) is 0 Å². The van der Waals surface area contributed by atoms with E-state index >= 15 is 0 Å². The molecule has 3 aliphatic carbocycles. The van der Waals surface area contributed by atoms with Crippen LogP contribution in [0.2, 0.25) is 0 Å². The lowest BCUT2D eigenvalue weighted by molar-refractivity contribution is -0.129. The van der Waals surface area contributed by atoms with E-state index < -0.39 is 0 Å². The fourth-order valence-electron chi connectivity index (χ4n) is 4.58. The van der Waals surface area contributed by atoms with E-state index in [1.165, 1.54) is 12.8 Å². The number of amides is 1. The van der Waals surface area contributed by atoms with Crippen LogP contribution in [0, 0.1) is 29.1 Å². The fraction of sp³-hybridized carbons (Fsp3) is 0.941. The van der Waals surface area contributed by atoms with Crippen LogP contribution < -0.4 is 5.32 Å². The normalized spacial score (nSPS) is 46.0. The molecule has 0 bridgehead atoms. The molecule has 1 N–H and O–H groups in total. The van der Waals surface area contributed by atoms with Crippen LogP contribution in [0.15, 0.2) is 0 Å². The average Bonchev–Trinajstić information content (AvgIpc) is 3.14. The first-order chi connectivity index (χ1) is 9.43. The third kappa shape index (κ3) is 2.18. The third-order valence-corrected chi connectivity index (χ3v) is 6.19. The van der Waals surface area contributed by atoms with Crippen LogP contribution >= 0.6 is 0 Å². The molecule has 0 aromatic carbocycles. The minimum atomic E-state index is 0.127. The van der Waals surface area contributed by atoms with Gasteiger partial charge in [0.2, 0.25) is 5.91 Å². The first-order valence-electron chi connectivity index (χ1n) is 8.24. The Kier molecular flexibility index (Phi) is 3.39. The molecule has 3 nitrogen and oxygen atoms in total. The van der Waals surface area contributed by atoms with Crippen molar-refractivity contribution in [2.45, 2.75) is 58.4 Å². The molecule has 3 fully saturated rings. The van der Waals surface area contributed by atoms with Crippen LogP contribution in [0.25, 0.3) is 0 Å². The molecule has 1 amide bonds. The van der Waals surface area contributed by atoms with E-state index in [2.05, 4.69) is 26.1 Å². The van der Waals surface area contributed by atoms with Gasteiger partial charge in [0.15, 0.2) is 0 Å². The molecular weight excluding hydrogens is 250 g/mol. The van der Waals surface area contributed by atoms with Crippen molar-refractivity contribution in [3.8, 4) is 0 Å². The summed E-state index contributed by atoms with van der Waals surface area (Å²) in [7, 11) is 1.76. The SMILES string of the molecule is COCC12CC1(NC(=O)[C@@H]1C[C@H](C)CC[C@H]1C(C)C)C2. The molecule has 3 rings (SSSR count). The van der Waals surface area contributed by atoms with E-state index in [1.807, 2.05) is 0 Å². The van der Waals surface area contributed by atoms with Gasteiger partial charge in [-0.1, -0.05) is 27.2 Å². The Balaban J connectivity index is 1.61. The summed E-state index contributed by atoms with van der Waals surface area (Å²) >= 11 is 0. The number of carbonyl (C=O) groups is 1. The number of hydrogen-bond acceptors (Lipinski definition) is 2. The van der Waals surface area contributed by atoms with Gasteiger partial charge in [0.05, 0.1) is 6.61 Å². The van der Waals surface area contributed by atoms with Crippen molar-refractivity contribution >= 4 is 5.91 Å². The van der Waals surface area contributed by atoms with Crippen molar-refractivity contribution in [1.82, 2.24) is 5.32 Å². The standard InChI is InChI=1S/C17H29NO2/c1-11(2)13-6-5-12(3)7-14(13)15(19)18-17-8-16(17,9-17)10-20-4/h11-14H,5-10H2,1-4H3,(H,18,19)/t12-,13+,14-,16?,17?/m1/s1. The Morgan fingerprint density at radius 3 is 2.65 bits per heavy atom. The zero-order valence-corrected chi connectivity index (χ0v) is 13.4. The fourth-order valence-corrected chi connectivity index (χ4v) is 4.58. The Bertz CT molecular complexity index is 398. The van der Waals surface area contributed by atoms with Crippen molar-refractivity contribution < 1.29 is 9.53 Å². The molecule has 3 atom stereocenters. The Morgan fingerprint density at radius 1 is 1.35 bits per heavy atom. The van der Waals surface area contributed by atoms with Gasteiger partial charge in [-0.2, -0.15) is 0 Å². The van der Waals surface area contributed by atoms with Crippen molar-refractivity contribution in [1.29, 1.82) is 0 Å². The molecule has 114 valence electrons. The first kappa shape index (κ1) is 14.4. The van der Waals surface area contributed by atoms with Gasteiger partial charge >= 0.3 is 0 Å². The second kappa shape index (κ2) is 4.72. The second-order valence-electron chi connectivity index (χ2n) is 8.07. The summed E-state index contributed by atoms with van der Waals surface area (Å²) in [5.74, 6) is 2.43. The molecule has 3 aliphatic rings. The molecule has 3 heteroatoms. The van der Waals surface area contributed by atoms with Crippen LogP contribution in [0.5, 0.6) is 0 Å². The largest absolute Gasteiger partial charge is 0.384 e. The van der Waals surface area contributed by atoms with E-state index in [4.69, 9.17) is 4.74 Å². The topological polar surface area (TPSA) is 38.3 Å². The van der Waals surface area contributed by atoms with Crippen molar-refractivity contribution in [3.63, 3.8) is 0 Å². The highest BCUT2D eigenvalue weighted by molar-refractivity contribution is 5.81. The summed E-state index contributed by atoms with van der Waals surface area (Å²) in [6.07, 6.45) is 5.84. The van der Waals surface area contributed by atoms with Gasteiger partial charge in [-0.25, -0.2) is 0 Å². The number of nitrogens with one attached hydrogen (secondary N) is 1. The van der Waals surface area contributed by atoms with E-state index in [0.29, 0.717) is 29.1 Å². The summed E-state index contributed by atoms with van der Waals surface area (Å²) in [6.45, 7) is 7.63. The predicted octanol–water partition coefficient (Wildman–Crippen LogP) is 2.99. The van der Waals surface area contributed by atoms with Crippen LogP contribution in [-0.2, 0) is 9.53 Å². The maximum absolute atomic E-state index is 12.7. The van der Waals surface area contributed by atoms with Crippen molar-refractivity contribution in [2.75, 3.05) is 13.7 Å². The summed E-state index contributed by atoms with van der Waals surface area (Å²) in [5.41, 5.74) is 0.438. The molecule has 0 aliphatic heterocycles. The summed E-state index contributed by atoms with van der Waals surface area (Å²) in [4.78, 5) is 12.7. The molecule has 0 unspecified atom stereocenters. The summed E-state index contributed by atoms with van der Waals surface area (Å²) < 4.78 is 5.29. The minimum Gasteiger partial charge on any atom is -0.384 e. The zero-order valence-electron chi connectivity index (χ0n) is 13.4. The number of carbonyl (C=O) groups excluding carboxylic acids is 1. The van der Waals surface area contributed by atoms with E-state index in [1.54, 1.807) is 7.11 Å². The van der Waals surface area contributed by atoms with Crippen molar-refractivity contribution in [3.05, 3.63) is 0 Å². The summed E-state index contributed by atoms with van der Waals surface area (Å²) in [5, 5.41) is 3.39. The molecule has 0 spiro atoms. The van der Waals surface area contributed by atoms with Crippen LogP contribution in [0.1, 0.15) is 52.9 Å². The lowest BCUT2D eigenvalue weighted by Crippen LogP contribution is -2.43. The van der Waals surface area contributed by atoms with Gasteiger partial charge in [0.1, 0.15) is 0 Å². The smallest absolute Gasteiger partial charge is 0.223 e. The third-order valence-electron chi connectivity index (χ3n) is 6.19. The highest BCUT2D eigenvalue weighted by Crippen LogP contribution is 2.78. The van der Waals surface area contributed by atoms with Crippen LogP contribution in [0.3, 0.4) is 0 Å². The Morgan fingerprint density at radius 2 is 2.05 bits per heavy atom. The van der Waals surface area contributed by atoms with Crippen LogP contribution in [0.4, 0.5) is 0 Å². The minimum absolute atomic E-state index is 0.127. The lowest BCUT2D eigenvalue weighted by atomic mass is 9.69. The number of ether oxygens (including phenoxy) is 1. The molecule has 0 heterocycles. The van der Waals surface area contributed by atoms with Gasteiger partial charge in [0, 0.05) is 24.0 Å². The van der Waals surface area contributed by atoms with E-state index in [-0.39, 0.29) is 11.5 Å². The number of methoxy groups -OCH3 is 1. The maximum atomic E-state index is 12.7. The number of hydrogen-bond donors (Lipinski definition) is 1. The summed E-state index contributed by atoms with van der Waals surface area (Å²) in [6, 6.07) is 0. The molecule has 0 radical (unpaired) electrons. The molecule has 3 saturated carbocycles. The Hall–Kier alpha value is -0.570. The molecule has 0 aromatic rings. The quantitative estimate of drug-likeness (QED) is 0.840. The van der Waals surface area contributed by atoms with Gasteiger partial charge in [-0.05, 0) is 43.4 Å². The first-order valence-corrected chi connectivity index (χ1v) is 8.24. The van der Waals surface area contributed by atoms with Gasteiger partial charge in [-0.3, -0.25) is 4.79 Å². The number of fused-ring (bicyclic) bond motifs is 1. The second-order valence-corrected chi connectivity index (χ2v) is 8.07. The van der Waals surface area contributed by atoms with Gasteiger partial charge < -0.3 is 10.1 Å². The van der Waals surface area contributed by atoms with Crippen LogP contribution in [-0.4, -0.2) is 25.2 Å². The highest BCUT2D eigenvalue weighted by Gasteiger charge is 2.84. The average molecular weight is 279 g/mol. The molecule has 0 aromatic heterocycles. The number of rotatable bonds is 5.